The lowest BCUT2D eigenvalue weighted by atomic mass is 10.3. The number of carbonyl (C=O) groups excluding carboxylic acids is 2. The smallest absolute Gasteiger partial charge is 0.324 e. The van der Waals surface area contributed by atoms with Crippen LogP contribution in [0.4, 0.5) is 4.79 Å². The van der Waals surface area contributed by atoms with Crippen molar-refractivity contribution >= 4 is 21.8 Å². The van der Waals surface area contributed by atoms with Crippen molar-refractivity contribution in [2.24, 2.45) is 0 Å². The number of imide groups is 1. The quantitative estimate of drug-likeness (QED) is 0.617. The maximum atomic E-state index is 12.8. The molecule has 1 saturated heterocycles. The maximum Gasteiger partial charge on any atom is 0.324 e. The summed E-state index contributed by atoms with van der Waals surface area (Å²) >= 11 is 0. The van der Waals surface area contributed by atoms with E-state index in [-0.39, 0.29) is 42.2 Å². The first-order chi connectivity index (χ1) is 14.9. The lowest BCUT2D eigenvalue weighted by Gasteiger charge is -2.14. The molecule has 31 heavy (non-hydrogen) atoms. The van der Waals surface area contributed by atoms with Gasteiger partial charge in [-0.2, -0.15) is 0 Å². The van der Waals surface area contributed by atoms with E-state index >= 15 is 0 Å². The molecule has 164 valence electrons. The number of hydrogen-bond donors (Lipinski definition) is 1. The third kappa shape index (κ3) is 5.38. The molecule has 3 amide bonds. The highest BCUT2D eigenvalue weighted by atomic mass is 32.2. The molecule has 9 nitrogen and oxygen atoms in total. The topological polar surface area (TPSA) is 119 Å². The van der Waals surface area contributed by atoms with E-state index in [1.54, 1.807) is 24.3 Å². The fourth-order valence-corrected chi connectivity index (χ4v) is 4.99. The van der Waals surface area contributed by atoms with Gasteiger partial charge in [0.1, 0.15) is 12.3 Å². The molecule has 1 aromatic carbocycles. The van der Waals surface area contributed by atoms with Gasteiger partial charge in [0.2, 0.25) is 5.91 Å². The lowest BCUT2D eigenvalue weighted by Crippen LogP contribution is -2.28. The number of urea groups is 1. The van der Waals surface area contributed by atoms with Crippen molar-refractivity contribution in [3.05, 3.63) is 48.0 Å². The van der Waals surface area contributed by atoms with Crippen molar-refractivity contribution in [1.29, 1.82) is 0 Å². The SMILES string of the molecule is O=C1CN(Cc2cnc(CCS(=O)(=O)c3cccc(OC4CCCC4)c3)cn2)C(=O)N1. The molecule has 2 aliphatic rings. The average Bonchev–Trinajstić information content (AvgIpc) is 3.37. The molecule has 2 aromatic rings. The standard InChI is InChI=1S/C21H24N4O5S/c26-20-14-25(21(27)24-20)13-16-12-22-15(11-23-16)8-9-31(28,29)19-7-3-6-18(10-19)30-17-4-1-2-5-17/h3,6-7,10-12,17H,1-2,4-5,8-9,13-14H2,(H,24,26,27). The van der Waals surface area contributed by atoms with Crippen LogP contribution >= 0.6 is 0 Å². The van der Waals surface area contributed by atoms with Crippen molar-refractivity contribution < 1.29 is 22.7 Å². The number of benzene rings is 1. The molecule has 1 aliphatic carbocycles. The molecule has 0 bridgehead atoms. The van der Waals surface area contributed by atoms with E-state index in [1.807, 2.05) is 0 Å². The van der Waals surface area contributed by atoms with Gasteiger partial charge in [-0.25, -0.2) is 13.2 Å². The Morgan fingerprint density at radius 1 is 1.10 bits per heavy atom. The van der Waals surface area contributed by atoms with Crippen LogP contribution in [-0.2, 0) is 27.6 Å². The first kappa shape index (κ1) is 21.2. The Balaban J connectivity index is 1.34. The molecule has 0 unspecified atom stereocenters. The first-order valence-electron chi connectivity index (χ1n) is 10.3. The molecule has 0 spiro atoms. The summed E-state index contributed by atoms with van der Waals surface area (Å²) in [5.74, 6) is 0.135. The predicted octanol–water partition coefficient (Wildman–Crippen LogP) is 1.87. The highest BCUT2D eigenvalue weighted by Crippen LogP contribution is 2.26. The number of nitrogens with one attached hydrogen (secondary N) is 1. The van der Waals surface area contributed by atoms with Crippen molar-refractivity contribution in [2.75, 3.05) is 12.3 Å². The zero-order valence-corrected chi connectivity index (χ0v) is 17.8. The van der Waals surface area contributed by atoms with Gasteiger partial charge in [-0.3, -0.25) is 20.1 Å². The number of hydrogen-bond acceptors (Lipinski definition) is 7. The van der Waals surface area contributed by atoms with Gasteiger partial charge in [-0.15, -0.1) is 0 Å². The Kier molecular flexibility index (Phi) is 6.17. The molecule has 10 heteroatoms. The molecular formula is C21H24N4O5S. The second kappa shape index (κ2) is 9.01. The van der Waals surface area contributed by atoms with Crippen LogP contribution in [0.25, 0.3) is 0 Å². The largest absolute Gasteiger partial charge is 0.490 e. The van der Waals surface area contributed by atoms with Gasteiger partial charge in [0.25, 0.3) is 0 Å². The highest BCUT2D eigenvalue weighted by Gasteiger charge is 2.27. The summed E-state index contributed by atoms with van der Waals surface area (Å²) in [6.07, 6.45) is 7.67. The van der Waals surface area contributed by atoms with E-state index in [1.165, 1.54) is 17.3 Å². The molecule has 1 N–H and O–H groups in total. The van der Waals surface area contributed by atoms with Gasteiger partial charge in [0.15, 0.2) is 9.84 Å². The Morgan fingerprint density at radius 3 is 2.52 bits per heavy atom. The van der Waals surface area contributed by atoms with Crippen LogP contribution in [0.15, 0.2) is 41.6 Å². The van der Waals surface area contributed by atoms with Crippen molar-refractivity contribution in [3.8, 4) is 5.75 Å². The van der Waals surface area contributed by atoms with Crippen molar-refractivity contribution in [2.45, 2.75) is 49.6 Å². The van der Waals surface area contributed by atoms with E-state index < -0.39 is 15.9 Å². The number of ether oxygens (including phenoxy) is 1. The molecule has 0 atom stereocenters. The van der Waals surface area contributed by atoms with Gasteiger partial charge in [-0.1, -0.05) is 6.07 Å². The molecule has 1 saturated carbocycles. The first-order valence-corrected chi connectivity index (χ1v) is 11.9. The van der Waals surface area contributed by atoms with E-state index in [2.05, 4.69) is 15.3 Å². The number of sulfone groups is 1. The normalized spacial score (nSPS) is 17.2. The third-order valence-corrected chi connectivity index (χ3v) is 7.09. The molecule has 1 aliphatic heterocycles. The Bertz CT molecular complexity index is 1070. The van der Waals surface area contributed by atoms with Crippen molar-refractivity contribution in [1.82, 2.24) is 20.2 Å². The van der Waals surface area contributed by atoms with Crippen molar-refractivity contribution in [3.63, 3.8) is 0 Å². The van der Waals surface area contributed by atoms with E-state index in [9.17, 15) is 18.0 Å². The molecule has 0 radical (unpaired) electrons. The summed E-state index contributed by atoms with van der Waals surface area (Å²) in [7, 11) is -3.50. The molecule has 2 heterocycles. The lowest BCUT2D eigenvalue weighted by molar-refractivity contribution is -0.118. The molecular weight excluding hydrogens is 420 g/mol. The molecule has 4 rings (SSSR count). The van der Waals surface area contributed by atoms with E-state index in [0.29, 0.717) is 17.1 Å². The number of carbonyl (C=O) groups is 2. The molecule has 2 fully saturated rings. The minimum Gasteiger partial charge on any atom is -0.490 e. The predicted molar refractivity (Wildman–Crippen MR) is 111 cm³/mol. The highest BCUT2D eigenvalue weighted by molar-refractivity contribution is 7.91. The summed E-state index contributed by atoms with van der Waals surface area (Å²) < 4.78 is 31.5. The monoisotopic (exact) mass is 444 g/mol. The van der Waals surface area contributed by atoms with Crippen LogP contribution in [0.3, 0.4) is 0 Å². The van der Waals surface area contributed by atoms with E-state index in [0.717, 1.165) is 25.7 Å². The fourth-order valence-electron chi connectivity index (χ4n) is 3.69. The zero-order chi connectivity index (χ0) is 21.8. The Labute approximate surface area is 180 Å². The summed E-state index contributed by atoms with van der Waals surface area (Å²) in [5, 5.41) is 2.20. The summed E-state index contributed by atoms with van der Waals surface area (Å²) in [4.78, 5) is 32.9. The van der Waals surface area contributed by atoms with Crippen LogP contribution in [0.2, 0.25) is 0 Å². The van der Waals surface area contributed by atoms with Gasteiger partial charge < -0.3 is 9.64 Å². The summed E-state index contributed by atoms with van der Waals surface area (Å²) in [6.45, 7) is 0.154. The number of aryl methyl sites for hydroxylation is 1. The zero-order valence-electron chi connectivity index (χ0n) is 17.0. The summed E-state index contributed by atoms with van der Waals surface area (Å²) in [6, 6.07) is 6.20. The van der Waals surface area contributed by atoms with Crippen LogP contribution < -0.4 is 10.1 Å². The Morgan fingerprint density at radius 2 is 1.84 bits per heavy atom. The summed E-state index contributed by atoms with van der Waals surface area (Å²) in [5.41, 5.74) is 1.06. The number of nitrogens with zero attached hydrogens (tertiary/aromatic N) is 3. The van der Waals surface area contributed by atoms with Gasteiger partial charge >= 0.3 is 6.03 Å². The Hall–Kier alpha value is -3.01. The van der Waals surface area contributed by atoms with Gasteiger partial charge in [-0.05, 0) is 43.9 Å². The van der Waals surface area contributed by atoms with Crippen LogP contribution in [-0.4, -0.2) is 53.6 Å². The third-order valence-electron chi connectivity index (χ3n) is 5.38. The second-order valence-electron chi connectivity index (χ2n) is 7.78. The maximum absolute atomic E-state index is 12.8. The number of amides is 3. The number of rotatable bonds is 8. The van der Waals surface area contributed by atoms with Gasteiger partial charge in [0.05, 0.1) is 40.9 Å². The van der Waals surface area contributed by atoms with Crippen LogP contribution in [0, 0.1) is 0 Å². The van der Waals surface area contributed by atoms with Gasteiger partial charge in [0, 0.05) is 12.6 Å². The van der Waals surface area contributed by atoms with Crippen LogP contribution in [0.5, 0.6) is 5.75 Å². The second-order valence-corrected chi connectivity index (χ2v) is 9.89. The fraction of sp³-hybridized carbons (Fsp3) is 0.429. The van der Waals surface area contributed by atoms with Crippen LogP contribution in [0.1, 0.15) is 37.1 Å². The number of aromatic nitrogens is 2. The minimum atomic E-state index is -3.50. The van der Waals surface area contributed by atoms with E-state index in [4.69, 9.17) is 4.74 Å². The molecule has 1 aromatic heterocycles. The average molecular weight is 445 g/mol. The minimum absolute atomic E-state index is 0.00989.